The summed E-state index contributed by atoms with van der Waals surface area (Å²) in [5.74, 6) is -11.9. The maximum Gasteiger partial charge on any atom is 0.200 e. The van der Waals surface area contributed by atoms with Crippen molar-refractivity contribution in [3.8, 4) is 0 Å². The van der Waals surface area contributed by atoms with Gasteiger partial charge in [-0.15, -0.1) is 0 Å². The molecule has 2 N–H and O–H groups in total. The molecule has 0 aliphatic heterocycles. The Balaban J connectivity index is 1.72. The zero-order valence-electron chi connectivity index (χ0n) is 14.0. The lowest BCUT2D eigenvalue weighted by molar-refractivity contribution is 0.367. The molecule has 12 heteroatoms. The number of benzene rings is 2. The average molecular weight is 434 g/mol. The van der Waals surface area contributed by atoms with Crippen molar-refractivity contribution < 1.29 is 30.7 Å². The summed E-state index contributed by atoms with van der Waals surface area (Å²) in [5.41, 5.74) is -1.19. The quantitative estimate of drug-likeness (QED) is 0.270. The minimum atomic E-state index is -2.25. The molecule has 29 heavy (non-hydrogen) atoms. The minimum absolute atomic E-state index is 0.0360. The predicted molar refractivity (Wildman–Crippen MR) is 93.8 cm³/mol. The van der Waals surface area contributed by atoms with Gasteiger partial charge < -0.3 is 10.6 Å². The number of anilines is 2. The number of rotatable bonds is 4. The fourth-order valence-corrected chi connectivity index (χ4v) is 2.54. The van der Waals surface area contributed by atoms with Crippen molar-refractivity contribution in [2.75, 3.05) is 10.6 Å². The molecule has 2 aromatic carbocycles. The molecule has 0 spiro atoms. The molecule has 0 aliphatic carbocycles. The van der Waals surface area contributed by atoms with Gasteiger partial charge in [0.1, 0.15) is 11.6 Å². The van der Waals surface area contributed by atoms with Gasteiger partial charge in [0.05, 0.1) is 17.8 Å². The summed E-state index contributed by atoms with van der Waals surface area (Å²) in [7, 11) is 0. The summed E-state index contributed by atoms with van der Waals surface area (Å²) in [6, 6.07) is 4.05. The highest BCUT2D eigenvalue weighted by Gasteiger charge is 2.25. The normalized spacial score (nSPS) is 10.9. The Labute approximate surface area is 163 Å². The number of aromatic nitrogens is 2. The van der Waals surface area contributed by atoms with E-state index in [1.807, 2.05) is 0 Å². The van der Waals surface area contributed by atoms with Crippen molar-refractivity contribution in [1.29, 1.82) is 0 Å². The van der Waals surface area contributed by atoms with Crippen LogP contribution in [0.25, 0.3) is 0 Å². The maximum absolute atomic E-state index is 13.7. The first-order valence-corrected chi connectivity index (χ1v) is 8.15. The lowest BCUT2D eigenvalue weighted by Crippen LogP contribution is -2.20. The molecule has 0 amide bonds. The third kappa shape index (κ3) is 4.31. The Morgan fingerprint density at radius 3 is 2.10 bits per heavy atom. The molecule has 3 aromatic rings. The van der Waals surface area contributed by atoms with Crippen LogP contribution < -0.4 is 10.6 Å². The third-order valence-corrected chi connectivity index (χ3v) is 3.89. The molecule has 0 bridgehead atoms. The van der Waals surface area contributed by atoms with Crippen LogP contribution in [-0.4, -0.2) is 14.9 Å². The van der Waals surface area contributed by atoms with E-state index in [4.69, 9.17) is 12.2 Å². The maximum atomic E-state index is 13.7. The minimum Gasteiger partial charge on any atom is -0.330 e. The van der Waals surface area contributed by atoms with Gasteiger partial charge in [0.15, 0.2) is 34.2 Å². The molecule has 3 rings (SSSR count). The monoisotopic (exact) mass is 434 g/mol. The molecule has 0 fully saturated rings. The van der Waals surface area contributed by atoms with E-state index in [0.29, 0.717) is 6.07 Å². The number of halogens is 7. The van der Waals surface area contributed by atoms with E-state index in [9.17, 15) is 30.7 Å². The molecule has 152 valence electrons. The molecule has 0 aliphatic rings. The fourth-order valence-electron chi connectivity index (χ4n) is 2.33. The smallest absolute Gasteiger partial charge is 0.200 e. The van der Waals surface area contributed by atoms with Crippen molar-refractivity contribution in [3.05, 3.63) is 76.7 Å². The van der Waals surface area contributed by atoms with Crippen LogP contribution in [-0.2, 0) is 6.54 Å². The Kier molecular flexibility index (Phi) is 5.73. The van der Waals surface area contributed by atoms with Crippen LogP contribution >= 0.6 is 12.2 Å². The first-order chi connectivity index (χ1) is 13.7. The molecule has 1 heterocycles. The molecule has 0 radical (unpaired) electrons. The van der Waals surface area contributed by atoms with Gasteiger partial charge in [0.2, 0.25) is 5.82 Å². The standard InChI is InChI=1S/C17H9F7N4S/c18-7-1-2-10(9(19)5-7)25-17(29)26-11-3-4-28(27-11)6-8-12(20)14(22)16(24)15(23)13(8)21/h1-5H,6H2,(H2,25,26,27,29). The summed E-state index contributed by atoms with van der Waals surface area (Å²) >= 11 is 4.95. The molecular formula is C17H9F7N4S. The zero-order chi connectivity index (χ0) is 21.3. The van der Waals surface area contributed by atoms with Gasteiger partial charge in [-0.05, 0) is 24.4 Å². The second-order valence-corrected chi connectivity index (χ2v) is 6.06. The Bertz CT molecular complexity index is 1070. The van der Waals surface area contributed by atoms with Crippen LogP contribution in [0.15, 0.2) is 30.5 Å². The van der Waals surface area contributed by atoms with Crippen molar-refractivity contribution in [1.82, 2.24) is 9.78 Å². The van der Waals surface area contributed by atoms with Gasteiger partial charge in [-0.3, -0.25) is 4.68 Å². The SMILES string of the molecule is Fc1ccc(NC(=S)Nc2ccn(Cc3c(F)c(F)c(F)c(F)c3F)n2)c(F)c1. The lowest BCUT2D eigenvalue weighted by Gasteiger charge is -2.10. The van der Waals surface area contributed by atoms with Gasteiger partial charge in [-0.1, -0.05) is 0 Å². The van der Waals surface area contributed by atoms with Crippen molar-refractivity contribution in [2.24, 2.45) is 0 Å². The summed E-state index contributed by atoms with van der Waals surface area (Å²) in [5, 5.41) is 8.68. The first kappa shape index (κ1) is 20.6. The second kappa shape index (κ2) is 8.07. The molecule has 4 nitrogen and oxygen atoms in total. The number of nitrogens with one attached hydrogen (secondary N) is 2. The van der Waals surface area contributed by atoms with Crippen molar-refractivity contribution >= 4 is 28.8 Å². The lowest BCUT2D eigenvalue weighted by atomic mass is 10.1. The number of nitrogens with zero attached hydrogens (tertiary/aromatic N) is 2. The van der Waals surface area contributed by atoms with Crippen LogP contribution in [0.2, 0.25) is 0 Å². The van der Waals surface area contributed by atoms with E-state index < -0.39 is 52.8 Å². The van der Waals surface area contributed by atoms with Crippen LogP contribution in [0, 0.1) is 40.7 Å². The van der Waals surface area contributed by atoms with Crippen LogP contribution in [0.3, 0.4) is 0 Å². The molecular weight excluding hydrogens is 425 g/mol. The van der Waals surface area contributed by atoms with E-state index >= 15 is 0 Å². The fraction of sp³-hybridized carbons (Fsp3) is 0.0588. The average Bonchev–Trinajstić information content (AvgIpc) is 3.11. The second-order valence-electron chi connectivity index (χ2n) is 5.65. The van der Waals surface area contributed by atoms with E-state index in [1.165, 1.54) is 12.3 Å². The largest absolute Gasteiger partial charge is 0.330 e. The highest BCUT2D eigenvalue weighted by molar-refractivity contribution is 7.80. The van der Waals surface area contributed by atoms with E-state index in [2.05, 4.69) is 15.7 Å². The highest BCUT2D eigenvalue weighted by atomic mass is 32.1. The van der Waals surface area contributed by atoms with E-state index in [0.717, 1.165) is 16.8 Å². The Morgan fingerprint density at radius 1 is 0.862 bits per heavy atom. The summed E-state index contributed by atoms with van der Waals surface area (Å²) in [6.45, 7) is -0.750. The number of hydrogen-bond donors (Lipinski definition) is 2. The molecule has 0 atom stereocenters. The number of thiocarbonyl (C=S) groups is 1. The van der Waals surface area contributed by atoms with Gasteiger partial charge in [0.25, 0.3) is 0 Å². The summed E-state index contributed by atoms with van der Waals surface area (Å²) in [4.78, 5) is 0. The number of hydrogen-bond acceptors (Lipinski definition) is 2. The van der Waals surface area contributed by atoms with Gasteiger partial charge in [-0.25, -0.2) is 30.7 Å². The van der Waals surface area contributed by atoms with Gasteiger partial charge in [0, 0.05) is 18.3 Å². The molecule has 0 unspecified atom stereocenters. The first-order valence-electron chi connectivity index (χ1n) is 7.74. The zero-order valence-corrected chi connectivity index (χ0v) is 14.9. The molecule has 0 saturated carbocycles. The molecule has 1 aromatic heterocycles. The topological polar surface area (TPSA) is 41.9 Å². The summed E-state index contributed by atoms with van der Waals surface area (Å²) in [6.07, 6.45) is 1.20. The summed E-state index contributed by atoms with van der Waals surface area (Å²) < 4.78 is 94.5. The van der Waals surface area contributed by atoms with E-state index in [-0.39, 0.29) is 16.6 Å². The third-order valence-electron chi connectivity index (χ3n) is 3.68. The Hall–Kier alpha value is -3.15. The van der Waals surface area contributed by atoms with Crippen LogP contribution in [0.4, 0.5) is 42.2 Å². The van der Waals surface area contributed by atoms with Crippen LogP contribution in [0.5, 0.6) is 0 Å². The predicted octanol–water partition coefficient (Wildman–Crippen LogP) is 4.71. The van der Waals surface area contributed by atoms with Crippen LogP contribution in [0.1, 0.15) is 5.56 Å². The Morgan fingerprint density at radius 2 is 1.48 bits per heavy atom. The van der Waals surface area contributed by atoms with E-state index in [1.54, 1.807) is 0 Å². The highest BCUT2D eigenvalue weighted by Crippen LogP contribution is 2.24. The van der Waals surface area contributed by atoms with Crippen molar-refractivity contribution in [2.45, 2.75) is 6.54 Å². The van der Waals surface area contributed by atoms with Crippen molar-refractivity contribution in [3.63, 3.8) is 0 Å². The molecule has 0 saturated heterocycles. The van der Waals surface area contributed by atoms with Gasteiger partial charge >= 0.3 is 0 Å². The van der Waals surface area contributed by atoms with Gasteiger partial charge in [-0.2, -0.15) is 5.10 Å².